The Kier molecular flexibility index (Phi) is 4.33. The predicted octanol–water partition coefficient (Wildman–Crippen LogP) is 4.27. The van der Waals surface area contributed by atoms with Crippen molar-refractivity contribution >= 4 is 38.2 Å². The van der Waals surface area contributed by atoms with Crippen LogP contribution in [0.1, 0.15) is 22.4 Å². The second-order valence-electron chi connectivity index (χ2n) is 4.95. The van der Waals surface area contributed by atoms with E-state index in [0.717, 1.165) is 38.2 Å². The van der Waals surface area contributed by atoms with E-state index in [1.165, 1.54) is 0 Å². The van der Waals surface area contributed by atoms with Gasteiger partial charge in [-0.25, -0.2) is 9.97 Å². The number of halogens is 1. The zero-order valence-electron chi connectivity index (χ0n) is 11.9. The molecule has 0 fully saturated rings. The van der Waals surface area contributed by atoms with Crippen molar-refractivity contribution in [2.75, 3.05) is 7.05 Å². The smallest absolute Gasteiger partial charge is 0.0897 e. The molecule has 0 spiro atoms. The number of fused-ring (bicyclic) bond motifs is 1. The SMILES string of the molecule is CNC(Cc1csc(C)n1)c1nc2ccccc2cc1Br. The molecular formula is C16H16BrN3S. The number of hydrogen-bond acceptors (Lipinski definition) is 4. The number of rotatable bonds is 4. The fourth-order valence-electron chi connectivity index (χ4n) is 2.40. The number of benzene rings is 1. The van der Waals surface area contributed by atoms with Crippen LogP contribution in [-0.4, -0.2) is 17.0 Å². The van der Waals surface area contributed by atoms with Crippen LogP contribution in [0.4, 0.5) is 0 Å². The monoisotopic (exact) mass is 361 g/mol. The Hall–Kier alpha value is -1.30. The molecule has 1 unspecified atom stereocenters. The van der Waals surface area contributed by atoms with Crippen molar-refractivity contribution in [1.82, 2.24) is 15.3 Å². The lowest BCUT2D eigenvalue weighted by Crippen LogP contribution is -2.20. The number of pyridine rings is 1. The molecule has 0 saturated carbocycles. The largest absolute Gasteiger partial charge is 0.311 e. The molecule has 0 amide bonds. The van der Waals surface area contributed by atoms with Crippen molar-refractivity contribution in [3.8, 4) is 0 Å². The highest BCUT2D eigenvalue weighted by Gasteiger charge is 2.17. The van der Waals surface area contributed by atoms with Gasteiger partial charge in [0.1, 0.15) is 0 Å². The number of likely N-dealkylation sites (N-methyl/N-ethyl adjacent to an activating group) is 1. The molecule has 5 heteroatoms. The summed E-state index contributed by atoms with van der Waals surface area (Å²) >= 11 is 5.34. The number of para-hydroxylation sites is 1. The predicted molar refractivity (Wildman–Crippen MR) is 91.8 cm³/mol. The molecule has 3 rings (SSSR count). The average molecular weight is 362 g/mol. The van der Waals surface area contributed by atoms with Crippen LogP contribution in [0.15, 0.2) is 40.2 Å². The fourth-order valence-corrected chi connectivity index (χ4v) is 3.63. The third kappa shape index (κ3) is 3.15. The Bertz CT molecular complexity index is 769. The number of nitrogens with one attached hydrogen (secondary N) is 1. The summed E-state index contributed by atoms with van der Waals surface area (Å²) in [5, 5.41) is 7.72. The highest BCUT2D eigenvalue weighted by atomic mass is 79.9. The maximum Gasteiger partial charge on any atom is 0.0897 e. The minimum Gasteiger partial charge on any atom is -0.311 e. The summed E-state index contributed by atoms with van der Waals surface area (Å²) < 4.78 is 1.03. The van der Waals surface area contributed by atoms with Crippen molar-refractivity contribution in [2.24, 2.45) is 0 Å². The Morgan fingerprint density at radius 3 is 2.81 bits per heavy atom. The van der Waals surface area contributed by atoms with Crippen molar-refractivity contribution < 1.29 is 0 Å². The van der Waals surface area contributed by atoms with Crippen molar-refractivity contribution in [2.45, 2.75) is 19.4 Å². The topological polar surface area (TPSA) is 37.8 Å². The molecule has 0 radical (unpaired) electrons. The molecule has 108 valence electrons. The van der Waals surface area contributed by atoms with E-state index in [9.17, 15) is 0 Å². The molecule has 1 N–H and O–H groups in total. The standard InChI is InChI=1S/C16H16BrN3S/c1-10-19-12(9-21-10)8-15(18-2)16-13(17)7-11-5-3-4-6-14(11)20-16/h3-7,9,15,18H,8H2,1-2H3. The first kappa shape index (κ1) is 14.6. The Balaban J connectivity index is 1.97. The van der Waals surface area contributed by atoms with Crippen molar-refractivity contribution in [3.05, 3.63) is 56.6 Å². The summed E-state index contributed by atoms with van der Waals surface area (Å²) in [5.74, 6) is 0. The van der Waals surface area contributed by atoms with Gasteiger partial charge in [0.05, 0.1) is 28.0 Å². The lowest BCUT2D eigenvalue weighted by atomic mass is 10.1. The van der Waals surface area contributed by atoms with Gasteiger partial charge in [0.25, 0.3) is 0 Å². The van der Waals surface area contributed by atoms with Crippen LogP contribution in [0, 0.1) is 6.92 Å². The van der Waals surface area contributed by atoms with Gasteiger partial charge in [0, 0.05) is 21.7 Å². The summed E-state index contributed by atoms with van der Waals surface area (Å²) in [6, 6.07) is 10.5. The van der Waals surface area contributed by atoms with Gasteiger partial charge in [0.15, 0.2) is 0 Å². The van der Waals surface area contributed by atoms with E-state index >= 15 is 0 Å². The molecule has 0 aliphatic rings. The lowest BCUT2D eigenvalue weighted by molar-refractivity contribution is 0.569. The third-order valence-electron chi connectivity index (χ3n) is 3.46. The maximum absolute atomic E-state index is 4.82. The molecule has 1 aromatic carbocycles. The first-order valence-electron chi connectivity index (χ1n) is 6.81. The minimum atomic E-state index is 0.144. The van der Waals surface area contributed by atoms with E-state index in [2.05, 4.69) is 43.7 Å². The average Bonchev–Trinajstić information content (AvgIpc) is 2.89. The van der Waals surface area contributed by atoms with Crippen molar-refractivity contribution in [1.29, 1.82) is 0 Å². The number of thiazole rings is 1. The second-order valence-corrected chi connectivity index (χ2v) is 6.87. The minimum absolute atomic E-state index is 0.144. The zero-order valence-corrected chi connectivity index (χ0v) is 14.3. The molecule has 2 heterocycles. The lowest BCUT2D eigenvalue weighted by Gasteiger charge is -2.17. The Morgan fingerprint density at radius 1 is 1.29 bits per heavy atom. The molecule has 0 aliphatic carbocycles. The third-order valence-corrected chi connectivity index (χ3v) is 4.92. The first-order valence-corrected chi connectivity index (χ1v) is 8.48. The van der Waals surface area contributed by atoms with E-state index < -0.39 is 0 Å². The van der Waals surface area contributed by atoms with E-state index in [-0.39, 0.29) is 6.04 Å². The Morgan fingerprint density at radius 2 is 2.10 bits per heavy atom. The van der Waals surface area contributed by atoms with Gasteiger partial charge in [-0.15, -0.1) is 11.3 Å². The van der Waals surface area contributed by atoms with Crippen LogP contribution < -0.4 is 5.32 Å². The molecule has 3 aromatic rings. The number of nitrogens with zero attached hydrogens (tertiary/aromatic N) is 2. The molecule has 1 atom stereocenters. The van der Waals surface area contributed by atoms with Gasteiger partial charge in [-0.05, 0) is 42.0 Å². The highest BCUT2D eigenvalue weighted by molar-refractivity contribution is 9.10. The summed E-state index contributed by atoms with van der Waals surface area (Å²) in [7, 11) is 1.97. The van der Waals surface area contributed by atoms with E-state index in [1.54, 1.807) is 11.3 Å². The van der Waals surface area contributed by atoms with Gasteiger partial charge >= 0.3 is 0 Å². The summed E-state index contributed by atoms with van der Waals surface area (Å²) in [4.78, 5) is 9.37. The van der Waals surface area contributed by atoms with Gasteiger partial charge in [0.2, 0.25) is 0 Å². The van der Waals surface area contributed by atoms with Crippen LogP contribution in [0.25, 0.3) is 10.9 Å². The van der Waals surface area contributed by atoms with Gasteiger partial charge in [-0.3, -0.25) is 0 Å². The number of aryl methyl sites for hydroxylation is 1. The molecule has 0 bridgehead atoms. The molecule has 0 saturated heterocycles. The molecule has 21 heavy (non-hydrogen) atoms. The molecular weight excluding hydrogens is 346 g/mol. The summed E-state index contributed by atoms with van der Waals surface area (Å²) in [5.41, 5.74) is 3.16. The number of aromatic nitrogens is 2. The molecule has 2 aromatic heterocycles. The van der Waals surface area contributed by atoms with Crippen LogP contribution in [0.5, 0.6) is 0 Å². The highest BCUT2D eigenvalue weighted by Crippen LogP contribution is 2.28. The van der Waals surface area contributed by atoms with Crippen LogP contribution in [-0.2, 0) is 6.42 Å². The van der Waals surface area contributed by atoms with E-state index in [1.807, 2.05) is 32.2 Å². The van der Waals surface area contributed by atoms with Crippen LogP contribution >= 0.6 is 27.3 Å². The molecule has 3 nitrogen and oxygen atoms in total. The van der Waals surface area contributed by atoms with Gasteiger partial charge in [-0.1, -0.05) is 18.2 Å². The Labute approximate surface area is 136 Å². The number of hydrogen-bond donors (Lipinski definition) is 1. The van der Waals surface area contributed by atoms with Gasteiger partial charge in [-0.2, -0.15) is 0 Å². The summed E-state index contributed by atoms with van der Waals surface area (Å²) in [6.45, 7) is 2.03. The normalized spacial score (nSPS) is 12.7. The van der Waals surface area contributed by atoms with Crippen LogP contribution in [0.2, 0.25) is 0 Å². The quantitative estimate of drug-likeness (QED) is 0.753. The summed E-state index contributed by atoms with van der Waals surface area (Å²) in [6.07, 6.45) is 0.838. The zero-order chi connectivity index (χ0) is 14.8. The first-order chi connectivity index (χ1) is 10.2. The van der Waals surface area contributed by atoms with E-state index in [4.69, 9.17) is 4.98 Å². The van der Waals surface area contributed by atoms with Crippen molar-refractivity contribution in [3.63, 3.8) is 0 Å². The fraction of sp³-hybridized carbons (Fsp3) is 0.250. The molecule has 0 aliphatic heterocycles. The van der Waals surface area contributed by atoms with E-state index in [0.29, 0.717) is 0 Å². The second kappa shape index (κ2) is 6.22. The van der Waals surface area contributed by atoms with Gasteiger partial charge < -0.3 is 5.32 Å². The maximum atomic E-state index is 4.82. The van der Waals surface area contributed by atoms with Crippen LogP contribution in [0.3, 0.4) is 0 Å².